The van der Waals surface area contributed by atoms with Crippen molar-refractivity contribution in [3.8, 4) is 0 Å². The molecule has 1 aromatic heterocycles. The molecule has 6 heteroatoms. The van der Waals surface area contributed by atoms with E-state index in [9.17, 15) is 9.59 Å². The highest BCUT2D eigenvalue weighted by Crippen LogP contribution is 2.37. The molecule has 0 radical (unpaired) electrons. The Hall–Kier alpha value is -1.82. The Morgan fingerprint density at radius 2 is 2.21 bits per heavy atom. The Labute approximate surface area is 141 Å². The van der Waals surface area contributed by atoms with E-state index in [4.69, 9.17) is 9.15 Å². The molecule has 130 valence electrons. The minimum Gasteiger partial charge on any atom is -0.456 e. The third-order valence-corrected chi connectivity index (χ3v) is 5.57. The molecule has 3 saturated heterocycles. The van der Waals surface area contributed by atoms with Gasteiger partial charge in [-0.3, -0.25) is 9.59 Å². The van der Waals surface area contributed by atoms with Crippen molar-refractivity contribution in [2.75, 3.05) is 26.2 Å². The highest BCUT2D eigenvalue weighted by atomic mass is 16.5. The predicted octanol–water partition coefficient (Wildman–Crippen LogP) is 1.97. The van der Waals surface area contributed by atoms with E-state index in [0.717, 1.165) is 38.0 Å². The number of rotatable bonds is 2. The van der Waals surface area contributed by atoms with E-state index >= 15 is 0 Å². The van der Waals surface area contributed by atoms with Crippen LogP contribution in [0.4, 0.5) is 0 Å². The van der Waals surface area contributed by atoms with Crippen LogP contribution < -0.4 is 0 Å². The van der Waals surface area contributed by atoms with Crippen LogP contribution in [-0.4, -0.2) is 59.5 Å². The number of amides is 2. The number of likely N-dealkylation sites (tertiary alicyclic amines) is 2. The van der Waals surface area contributed by atoms with Crippen LogP contribution >= 0.6 is 0 Å². The molecule has 3 aliphatic heterocycles. The fourth-order valence-corrected chi connectivity index (χ4v) is 4.33. The molecule has 6 nitrogen and oxygen atoms in total. The number of nitrogens with zero attached hydrogens (tertiary/aromatic N) is 2. The first-order valence-electron chi connectivity index (χ1n) is 8.85. The lowest BCUT2D eigenvalue weighted by atomic mass is 9.89. The van der Waals surface area contributed by atoms with Crippen molar-refractivity contribution in [1.29, 1.82) is 0 Å². The molecule has 0 bridgehead atoms. The van der Waals surface area contributed by atoms with Gasteiger partial charge in [-0.2, -0.15) is 0 Å². The maximum Gasteiger partial charge on any atom is 0.289 e. The Kier molecular flexibility index (Phi) is 3.87. The van der Waals surface area contributed by atoms with Gasteiger partial charge in [-0.25, -0.2) is 0 Å². The van der Waals surface area contributed by atoms with Crippen molar-refractivity contribution in [2.24, 2.45) is 0 Å². The molecule has 0 aliphatic carbocycles. The second-order valence-corrected chi connectivity index (χ2v) is 7.26. The summed E-state index contributed by atoms with van der Waals surface area (Å²) in [5.41, 5.74) is -0.302. The van der Waals surface area contributed by atoms with E-state index in [2.05, 4.69) is 0 Å². The molecule has 0 N–H and O–H groups in total. The van der Waals surface area contributed by atoms with Crippen molar-refractivity contribution in [3.63, 3.8) is 0 Å². The molecule has 3 aliphatic rings. The number of ether oxygens (including phenoxy) is 1. The molecule has 24 heavy (non-hydrogen) atoms. The zero-order chi connectivity index (χ0) is 16.7. The second kappa shape index (κ2) is 5.92. The van der Waals surface area contributed by atoms with Gasteiger partial charge in [0.25, 0.3) is 5.91 Å². The third-order valence-electron chi connectivity index (χ3n) is 5.57. The molecule has 1 spiro atoms. The average molecular weight is 332 g/mol. The summed E-state index contributed by atoms with van der Waals surface area (Å²) in [4.78, 5) is 28.5. The van der Waals surface area contributed by atoms with Crippen LogP contribution in [0.25, 0.3) is 0 Å². The number of hydrogen-bond acceptors (Lipinski definition) is 4. The zero-order valence-electron chi connectivity index (χ0n) is 14.1. The lowest BCUT2D eigenvalue weighted by Crippen LogP contribution is -2.50. The lowest BCUT2D eigenvalue weighted by molar-refractivity contribution is -0.137. The largest absolute Gasteiger partial charge is 0.456 e. The number of hydrogen-bond donors (Lipinski definition) is 0. The SMILES string of the molecule is Cc1ccc(C(=O)N2CC[C@]3(C[C@H](N4CCCC4=O)CCO3)C2)o1. The van der Waals surface area contributed by atoms with Gasteiger partial charge in [0, 0.05) is 32.2 Å². The van der Waals surface area contributed by atoms with Crippen LogP contribution in [0.2, 0.25) is 0 Å². The number of aryl methyl sites for hydroxylation is 1. The normalized spacial score (nSPS) is 30.5. The van der Waals surface area contributed by atoms with E-state index in [1.54, 1.807) is 6.07 Å². The summed E-state index contributed by atoms with van der Waals surface area (Å²) in [5, 5.41) is 0. The van der Waals surface area contributed by atoms with Crippen LogP contribution in [0.1, 0.15) is 48.4 Å². The fraction of sp³-hybridized carbons (Fsp3) is 0.667. The first-order valence-corrected chi connectivity index (χ1v) is 8.85. The number of carbonyl (C=O) groups excluding carboxylic acids is 2. The Balaban J connectivity index is 1.44. The lowest BCUT2D eigenvalue weighted by Gasteiger charge is -2.41. The minimum absolute atomic E-state index is 0.0667. The maximum absolute atomic E-state index is 12.6. The molecular formula is C18H24N2O4. The third kappa shape index (κ3) is 2.73. The Morgan fingerprint density at radius 1 is 1.33 bits per heavy atom. The molecule has 0 saturated carbocycles. The van der Waals surface area contributed by atoms with Crippen molar-refractivity contribution >= 4 is 11.8 Å². The highest BCUT2D eigenvalue weighted by molar-refractivity contribution is 5.91. The summed E-state index contributed by atoms with van der Waals surface area (Å²) in [6.07, 6.45) is 4.20. The van der Waals surface area contributed by atoms with Gasteiger partial charge in [0.2, 0.25) is 5.91 Å². The van der Waals surface area contributed by atoms with Gasteiger partial charge < -0.3 is 19.0 Å². The van der Waals surface area contributed by atoms with E-state index in [-0.39, 0.29) is 23.5 Å². The van der Waals surface area contributed by atoms with Crippen molar-refractivity contribution < 1.29 is 18.7 Å². The van der Waals surface area contributed by atoms with Crippen LogP contribution in [0.3, 0.4) is 0 Å². The predicted molar refractivity (Wildman–Crippen MR) is 86.6 cm³/mol. The molecule has 4 rings (SSSR count). The summed E-state index contributed by atoms with van der Waals surface area (Å²) >= 11 is 0. The standard InChI is InChI=1S/C18H24N2O4/c1-13-4-5-15(24-13)17(22)19-9-7-18(12-19)11-14(6-10-23-18)20-8-2-3-16(20)21/h4-5,14H,2-3,6-12H2,1H3/t14-,18+/m1/s1. The number of furan rings is 1. The van der Waals surface area contributed by atoms with Crippen LogP contribution in [0, 0.1) is 6.92 Å². The molecule has 2 amide bonds. The van der Waals surface area contributed by atoms with Crippen LogP contribution in [-0.2, 0) is 9.53 Å². The summed E-state index contributed by atoms with van der Waals surface area (Å²) in [7, 11) is 0. The molecule has 4 heterocycles. The van der Waals surface area contributed by atoms with Crippen LogP contribution in [0.15, 0.2) is 16.5 Å². The average Bonchev–Trinajstić information content (AvgIpc) is 3.28. The Bertz CT molecular complexity index is 655. The smallest absolute Gasteiger partial charge is 0.289 e. The fourth-order valence-electron chi connectivity index (χ4n) is 4.33. The zero-order valence-corrected chi connectivity index (χ0v) is 14.1. The van der Waals surface area contributed by atoms with Gasteiger partial charge in [0.15, 0.2) is 5.76 Å². The van der Waals surface area contributed by atoms with E-state index in [1.807, 2.05) is 22.8 Å². The van der Waals surface area contributed by atoms with Gasteiger partial charge in [-0.1, -0.05) is 0 Å². The summed E-state index contributed by atoms with van der Waals surface area (Å²) in [6, 6.07) is 3.80. The molecular weight excluding hydrogens is 308 g/mol. The van der Waals surface area contributed by atoms with Crippen molar-refractivity contribution in [2.45, 2.75) is 50.7 Å². The van der Waals surface area contributed by atoms with E-state index in [0.29, 0.717) is 31.9 Å². The summed E-state index contributed by atoms with van der Waals surface area (Å²) < 4.78 is 11.6. The molecule has 0 aromatic carbocycles. The summed E-state index contributed by atoms with van der Waals surface area (Å²) in [5.74, 6) is 1.34. The minimum atomic E-state index is -0.302. The van der Waals surface area contributed by atoms with E-state index < -0.39 is 0 Å². The van der Waals surface area contributed by atoms with Gasteiger partial charge in [-0.15, -0.1) is 0 Å². The van der Waals surface area contributed by atoms with E-state index in [1.165, 1.54) is 0 Å². The molecule has 1 aromatic rings. The molecule has 0 unspecified atom stereocenters. The quantitative estimate of drug-likeness (QED) is 0.831. The van der Waals surface area contributed by atoms with Gasteiger partial charge >= 0.3 is 0 Å². The first-order chi connectivity index (χ1) is 11.6. The molecule has 2 atom stereocenters. The first kappa shape index (κ1) is 15.7. The van der Waals surface area contributed by atoms with Gasteiger partial charge in [0.1, 0.15) is 5.76 Å². The maximum atomic E-state index is 12.6. The topological polar surface area (TPSA) is 63.0 Å². The monoisotopic (exact) mass is 332 g/mol. The summed E-state index contributed by atoms with van der Waals surface area (Å²) in [6.45, 7) is 4.64. The second-order valence-electron chi connectivity index (χ2n) is 7.26. The van der Waals surface area contributed by atoms with Crippen molar-refractivity contribution in [1.82, 2.24) is 9.80 Å². The number of carbonyl (C=O) groups is 2. The molecule has 3 fully saturated rings. The van der Waals surface area contributed by atoms with Gasteiger partial charge in [-0.05, 0) is 44.7 Å². The van der Waals surface area contributed by atoms with Crippen LogP contribution in [0.5, 0.6) is 0 Å². The van der Waals surface area contributed by atoms with Crippen molar-refractivity contribution in [3.05, 3.63) is 23.7 Å². The highest BCUT2D eigenvalue weighted by Gasteiger charge is 2.47. The van der Waals surface area contributed by atoms with Gasteiger partial charge in [0.05, 0.1) is 12.1 Å². The Morgan fingerprint density at radius 3 is 2.92 bits per heavy atom.